The van der Waals surface area contributed by atoms with Gasteiger partial charge >= 0.3 is 0 Å². The molecule has 3 heterocycles. The van der Waals surface area contributed by atoms with Crippen LogP contribution in [0.3, 0.4) is 0 Å². The summed E-state index contributed by atoms with van der Waals surface area (Å²) >= 11 is 0. The van der Waals surface area contributed by atoms with Gasteiger partial charge < -0.3 is 14.4 Å². The molecule has 136 valence electrons. The number of hydrogen-bond acceptors (Lipinski definition) is 6. The van der Waals surface area contributed by atoms with Gasteiger partial charge in [0, 0.05) is 51.7 Å². The Labute approximate surface area is 147 Å². The van der Waals surface area contributed by atoms with Crippen LogP contribution in [0.15, 0.2) is 23.0 Å². The summed E-state index contributed by atoms with van der Waals surface area (Å²) in [6.07, 6.45) is 4.56. The SMILES string of the molecule is CC[C@H](C(=O)Nc1cc(C)on1)N1CCN(Cc2nccn2C)CC1. The van der Waals surface area contributed by atoms with Crippen molar-refractivity contribution in [2.45, 2.75) is 32.9 Å². The van der Waals surface area contributed by atoms with Crippen LogP contribution >= 0.6 is 0 Å². The Bertz CT molecular complexity index is 702. The number of nitrogens with zero attached hydrogens (tertiary/aromatic N) is 5. The Balaban J connectivity index is 1.53. The van der Waals surface area contributed by atoms with E-state index in [1.807, 2.05) is 26.4 Å². The van der Waals surface area contributed by atoms with Crippen LogP contribution in [0.4, 0.5) is 5.82 Å². The molecule has 2 aromatic rings. The van der Waals surface area contributed by atoms with Crippen LogP contribution in [0.25, 0.3) is 0 Å². The van der Waals surface area contributed by atoms with E-state index in [1.54, 1.807) is 13.0 Å². The van der Waals surface area contributed by atoms with E-state index in [2.05, 4.69) is 29.8 Å². The average Bonchev–Trinajstić information content (AvgIpc) is 3.18. The van der Waals surface area contributed by atoms with Crippen molar-refractivity contribution in [2.75, 3.05) is 31.5 Å². The third-order valence-electron chi connectivity index (χ3n) is 4.70. The summed E-state index contributed by atoms with van der Waals surface area (Å²) < 4.78 is 7.06. The summed E-state index contributed by atoms with van der Waals surface area (Å²) in [5, 5.41) is 6.69. The van der Waals surface area contributed by atoms with Crippen LogP contribution in [0, 0.1) is 6.92 Å². The highest BCUT2D eigenvalue weighted by molar-refractivity contribution is 5.94. The molecule has 0 bridgehead atoms. The van der Waals surface area contributed by atoms with Crippen LogP contribution in [0.2, 0.25) is 0 Å². The maximum atomic E-state index is 12.6. The molecule has 3 rings (SSSR count). The number of anilines is 1. The largest absolute Gasteiger partial charge is 0.360 e. The van der Waals surface area contributed by atoms with E-state index < -0.39 is 0 Å². The van der Waals surface area contributed by atoms with E-state index >= 15 is 0 Å². The zero-order valence-electron chi connectivity index (χ0n) is 15.1. The minimum Gasteiger partial charge on any atom is -0.360 e. The van der Waals surface area contributed by atoms with Gasteiger partial charge in [-0.05, 0) is 13.3 Å². The molecule has 1 aliphatic rings. The lowest BCUT2D eigenvalue weighted by Gasteiger charge is -2.38. The number of amides is 1. The highest BCUT2D eigenvalue weighted by Gasteiger charge is 2.28. The Morgan fingerprint density at radius 3 is 2.68 bits per heavy atom. The zero-order valence-corrected chi connectivity index (χ0v) is 15.1. The molecule has 8 nitrogen and oxygen atoms in total. The van der Waals surface area contributed by atoms with Crippen molar-refractivity contribution < 1.29 is 9.32 Å². The monoisotopic (exact) mass is 346 g/mol. The molecule has 25 heavy (non-hydrogen) atoms. The second kappa shape index (κ2) is 7.79. The third kappa shape index (κ3) is 4.26. The number of piperazine rings is 1. The normalized spacial score (nSPS) is 17.6. The Morgan fingerprint density at radius 2 is 2.12 bits per heavy atom. The second-order valence-electron chi connectivity index (χ2n) is 6.50. The lowest BCUT2D eigenvalue weighted by molar-refractivity contribution is -0.122. The van der Waals surface area contributed by atoms with Gasteiger partial charge in [0.2, 0.25) is 5.91 Å². The molecule has 1 amide bonds. The zero-order chi connectivity index (χ0) is 17.8. The van der Waals surface area contributed by atoms with Gasteiger partial charge in [-0.15, -0.1) is 0 Å². The summed E-state index contributed by atoms with van der Waals surface area (Å²) in [7, 11) is 2.02. The number of carbonyl (C=O) groups is 1. The first-order valence-electron chi connectivity index (χ1n) is 8.73. The number of aryl methyl sites for hydroxylation is 2. The van der Waals surface area contributed by atoms with Gasteiger partial charge in [-0.3, -0.25) is 14.6 Å². The minimum absolute atomic E-state index is 0.0200. The molecule has 1 aliphatic heterocycles. The number of carbonyl (C=O) groups excluding carboxylic acids is 1. The van der Waals surface area contributed by atoms with Crippen molar-refractivity contribution in [2.24, 2.45) is 7.05 Å². The lowest BCUT2D eigenvalue weighted by atomic mass is 10.1. The molecule has 8 heteroatoms. The molecule has 0 aromatic carbocycles. The second-order valence-corrected chi connectivity index (χ2v) is 6.50. The van der Waals surface area contributed by atoms with Crippen LogP contribution < -0.4 is 5.32 Å². The number of aromatic nitrogens is 3. The first-order valence-corrected chi connectivity index (χ1v) is 8.73. The quantitative estimate of drug-likeness (QED) is 0.848. The highest BCUT2D eigenvalue weighted by atomic mass is 16.5. The summed E-state index contributed by atoms with van der Waals surface area (Å²) in [6, 6.07) is 1.59. The Kier molecular flexibility index (Phi) is 5.50. The van der Waals surface area contributed by atoms with Crippen LogP contribution in [-0.2, 0) is 18.4 Å². The predicted octanol–water partition coefficient (Wildman–Crippen LogP) is 1.25. The van der Waals surface area contributed by atoms with Gasteiger partial charge in [0.25, 0.3) is 0 Å². The van der Waals surface area contributed by atoms with Crippen LogP contribution in [-0.4, -0.2) is 62.6 Å². The van der Waals surface area contributed by atoms with Crippen molar-refractivity contribution in [3.8, 4) is 0 Å². The van der Waals surface area contributed by atoms with Crippen LogP contribution in [0.5, 0.6) is 0 Å². The first-order chi connectivity index (χ1) is 12.1. The predicted molar refractivity (Wildman–Crippen MR) is 94.0 cm³/mol. The number of nitrogens with one attached hydrogen (secondary N) is 1. The number of imidazole rings is 1. The van der Waals surface area contributed by atoms with Gasteiger partial charge in [-0.2, -0.15) is 0 Å². The van der Waals surface area contributed by atoms with E-state index in [1.165, 1.54) is 0 Å². The summed E-state index contributed by atoms with van der Waals surface area (Å²) in [5.74, 6) is 2.22. The average molecular weight is 346 g/mol. The topological polar surface area (TPSA) is 79.4 Å². The molecular formula is C17H26N6O2. The molecule has 0 unspecified atom stereocenters. The molecule has 0 radical (unpaired) electrons. The molecule has 1 atom stereocenters. The minimum atomic E-state index is -0.146. The maximum Gasteiger partial charge on any atom is 0.242 e. The van der Waals surface area contributed by atoms with E-state index in [9.17, 15) is 4.79 Å². The van der Waals surface area contributed by atoms with Crippen molar-refractivity contribution in [1.82, 2.24) is 24.5 Å². The Hall–Kier alpha value is -2.19. The molecule has 0 saturated carbocycles. The molecular weight excluding hydrogens is 320 g/mol. The fourth-order valence-corrected chi connectivity index (χ4v) is 3.23. The van der Waals surface area contributed by atoms with Crippen molar-refractivity contribution in [3.05, 3.63) is 30.0 Å². The highest BCUT2D eigenvalue weighted by Crippen LogP contribution is 2.14. The van der Waals surface area contributed by atoms with Gasteiger partial charge in [0.1, 0.15) is 11.6 Å². The molecule has 0 aliphatic carbocycles. The summed E-state index contributed by atoms with van der Waals surface area (Å²) in [5.41, 5.74) is 0. The smallest absolute Gasteiger partial charge is 0.242 e. The molecule has 2 aromatic heterocycles. The van der Waals surface area contributed by atoms with E-state index in [4.69, 9.17) is 4.52 Å². The van der Waals surface area contributed by atoms with Gasteiger partial charge in [-0.25, -0.2) is 4.98 Å². The van der Waals surface area contributed by atoms with E-state index in [-0.39, 0.29) is 11.9 Å². The van der Waals surface area contributed by atoms with Gasteiger partial charge in [0.05, 0.1) is 12.6 Å². The number of hydrogen-bond donors (Lipinski definition) is 1. The molecule has 1 saturated heterocycles. The van der Waals surface area contributed by atoms with E-state index in [0.717, 1.165) is 45.0 Å². The van der Waals surface area contributed by atoms with Gasteiger partial charge in [-0.1, -0.05) is 12.1 Å². The summed E-state index contributed by atoms with van der Waals surface area (Å²) in [6.45, 7) is 8.29. The van der Waals surface area contributed by atoms with Crippen molar-refractivity contribution in [3.63, 3.8) is 0 Å². The maximum absolute atomic E-state index is 12.6. The third-order valence-corrected chi connectivity index (χ3v) is 4.70. The Morgan fingerprint density at radius 1 is 1.36 bits per heavy atom. The van der Waals surface area contributed by atoms with Crippen LogP contribution in [0.1, 0.15) is 24.9 Å². The van der Waals surface area contributed by atoms with Crippen molar-refractivity contribution >= 4 is 11.7 Å². The molecule has 1 N–H and O–H groups in total. The fourth-order valence-electron chi connectivity index (χ4n) is 3.23. The number of rotatable bonds is 6. The van der Waals surface area contributed by atoms with Gasteiger partial charge in [0.15, 0.2) is 5.82 Å². The molecule has 0 spiro atoms. The standard InChI is InChI=1S/C17H26N6O2/c1-4-14(17(24)19-15-11-13(2)25-20-15)23-9-7-22(8-10-23)12-16-18-5-6-21(16)3/h5-6,11,14H,4,7-10,12H2,1-3H3,(H,19,20,24)/t14-/m1/s1. The molecule has 1 fully saturated rings. The van der Waals surface area contributed by atoms with E-state index in [0.29, 0.717) is 11.6 Å². The van der Waals surface area contributed by atoms with Crippen molar-refractivity contribution in [1.29, 1.82) is 0 Å². The lowest BCUT2D eigenvalue weighted by Crippen LogP contribution is -2.53. The first kappa shape index (κ1) is 17.6. The fraction of sp³-hybridized carbons (Fsp3) is 0.588. The summed E-state index contributed by atoms with van der Waals surface area (Å²) in [4.78, 5) is 21.6.